The molecule has 35 heavy (non-hydrogen) atoms. The third-order valence-electron chi connectivity index (χ3n) is 3.03. The smallest absolute Gasteiger partial charge is 0.652 e. The molecule has 1 amide bonds. The quantitative estimate of drug-likeness (QED) is 0.184. The fraction of sp³-hybridized carbons (Fsp3) is 0.909. The van der Waals surface area contributed by atoms with E-state index in [1.54, 1.807) is 0 Å². The third-order valence-corrected chi connectivity index (χ3v) is 3.03. The molecule has 13 N–H and O–H groups in total. The summed E-state index contributed by atoms with van der Waals surface area (Å²) in [5, 5.41) is 28.5. The van der Waals surface area contributed by atoms with E-state index < -0.39 is 12.2 Å². The number of nitrogens with two attached hydrogens (primary N) is 4. The molecule has 0 aliphatic carbocycles. The van der Waals surface area contributed by atoms with E-state index in [0.717, 1.165) is 39.0 Å². The molecule has 0 fully saturated rings. The largest absolute Gasteiger partial charge is 3.00 e. The number of rotatable bonds is 11. The Kier molecular flexibility index (Phi) is 130. The van der Waals surface area contributed by atoms with Crippen molar-refractivity contribution >= 4 is 12.2 Å². The van der Waals surface area contributed by atoms with Crippen molar-refractivity contribution in [1.29, 1.82) is 0 Å². The average molecular weight is 564 g/mol. The minimum Gasteiger partial charge on any atom is -0.652 e. The van der Waals surface area contributed by atoms with E-state index in [9.17, 15) is 9.90 Å². The zero-order valence-electron chi connectivity index (χ0n) is 22.8. The van der Waals surface area contributed by atoms with Crippen LogP contribution in [0.3, 0.4) is 0 Å². The maximum absolute atomic E-state index is 9.65. The maximum atomic E-state index is 9.65. The number of carbonyl (C=O) groups excluding carboxylic acids is 2. The number of carbonyl (C=O) groups is 2. The molecule has 0 saturated carbocycles. The van der Waals surface area contributed by atoms with E-state index in [2.05, 4.69) is 33.0 Å². The van der Waals surface area contributed by atoms with Gasteiger partial charge in [0.2, 0.25) is 0 Å². The molecule has 0 aromatic rings. The van der Waals surface area contributed by atoms with Gasteiger partial charge in [-0.15, -0.1) is 0 Å². The molecule has 0 saturated heterocycles. The van der Waals surface area contributed by atoms with Crippen molar-refractivity contribution in [3.63, 3.8) is 0 Å². The molecule has 0 bridgehead atoms. The Hall–Kier alpha value is -1.19. The van der Waals surface area contributed by atoms with Crippen LogP contribution in [0.1, 0.15) is 98.8 Å². The Labute approximate surface area is 224 Å². The van der Waals surface area contributed by atoms with Gasteiger partial charge in [-0.25, -0.2) is 0 Å². The minimum atomic E-state index is -2.33. The van der Waals surface area contributed by atoms with Crippen LogP contribution in [0.5, 0.6) is 0 Å². The molecular weight excluding hydrogens is 505 g/mol. The first-order chi connectivity index (χ1) is 15.2. The summed E-state index contributed by atoms with van der Waals surface area (Å²) in [7, 11) is 0. The van der Waals surface area contributed by atoms with Gasteiger partial charge >= 0.3 is 16.8 Å². The molecule has 0 aliphatic rings. The number of hydrogen-bond acceptors (Lipinski definition) is 9. The Morgan fingerprint density at radius 1 is 0.571 bits per heavy atom. The maximum Gasteiger partial charge on any atom is 3.00 e. The van der Waals surface area contributed by atoms with Crippen LogP contribution in [-0.2, 0) is 16.8 Å². The van der Waals surface area contributed by atoms with E-state index in [0.29, 0.717) is 6.54 Å². The molecular formula is C22H58CoN5O7. The van der Waals surface area contributed by atoms with Crippen LogP contribution in [0.4, 0.5) is 9.59 Å². The van der Waals surface area contributed by atoms with Crippen molar-refractivity contribution in [2.24, 2.45) is 22.9 Å². The molecule has 0 aliphatic heterocycles. The zero-order chi connectivity index (χ0) is 26.5. The topological polar surface area (TPSA) is 282 Å². The van der Waals surface area contributed by atoms with Gasteiger partial charge in [0.25, 0.3) is 0 Å². The normalized spacial score (nSPS) is 7.46. The van der Waals surface area contributed by atoms with Crippen molar-refractivity contribution < 1.29 is 52.6 Å². The second kappa shape index (κ2) is 76.7. The first kappa shape index (κ1) is 59.1. The number of unbranched alkanes of at least 4 members (excludes halogenated alkanes) is 5. The number of hydrogen-bond donors (Lipinski definition) is 5. The SMILES string of the molecule is CCCCN.CCCCN.CCCCN.CCCCN.CCCCNC(=O)[O-].O.O.O=C([O-])[O-].[Co+3]. The monoisotopic (exact) mass is 563 g/mol. The molecule has 222 valence electrons. The van der Waals surface area contributed by atoms with Crippen molar-refractivity contribution in [3.05, 3.63) is 0 Å². The fourth-order valence-electron chi connectivity index (χ4n) is 1.18. The number of nitrogens with one attached hydrogen (secondary N) is 1. The van der Waals surface area contributed by atoms with Crippen LogP contribution in [0, 0.1) is 0 Å². The first-order valence-corrected chi connectivity index (χ1v) is 11.8. The van der Waals surface area contributed by atoms with E-state index in [-0.39, 0.29) is 27.7 Å². The van der Waals surface area contributed by atoms with Crippen LogP contribution in [0.25, 0.3) is 0 Å². The van der Waals surface area contributed by atoms with Crippen LogP contribution < -0.4 is 43.6 Å². The molecule has 0 spiro atoms. The van der Waals surface area contributed by atoms with Gasteiger partial charge in [0.1, 0.15) is 6.09 Å². The van der Waals surface area contributed by atoms with Gasteiger partial charge in [0, 0.05) is 6.54 Å². The summed E-state index contributed by atoms with van der Waals surface area (Å²) in [6.07, 6.45) is 7.91. The Morgan fingerprint density at radius 2 is 0.771 bits per heavy atom. The Bertz CT molecular complexity index is 275. The van der Waals surface area contributed by atoms with E-state index in [1.807, 2.05) is 6.92 Å². The molecule has 0 unspecified atom stereocenters. The second-order valence-corrected chi connectivity index (χ2v) is 6.39. The van der Waals surface area contributed by atoms with Crippen molar-refractivity contribution in [2.45, 2.75) is 98.8 Å². The predicted molar refractivity (Wildman–Crippen MR) is 137 cm³/mol. The molecule has 0 heterocycles. The van der Waals surface area contributed by atoms with Gasteiger partial charge < -0.3 is 64.1 Å². The molecule has 0 aromatic carbocycles. The van der Waals surface area contributed by atoms with Gasteiger partial charge in [-0.2, -0.15) is 0 Å². The molecule has 13 heteroatoms. The molecule has 0 rings (SSSR count). The van der Waals surface area contributed by atoms with Gasteiger partial charge in [-0.1, -0.05) is 66.7 Å². The van der Waals surface area contributed by atoms with Crippen molar-refractivity contribution in [1.82, 2.24) is 5.32 Å². The summed E-state index contributed by atoms with van der Waals surface area (Å²) in [5.41, 5.74) is 20.6. The van der Waals surface area contributed by atoms with Crippen molar-refractivity contribution in [2.75, 3.05) is 32.7 Å². The molecule has 0 aromatic heterocycles. The number of carboxylic acid groups (broad SMARTS) is 3. The molecule has 0 radical (unpaired) electrons. The fourth-order valence-corrected chi connectivity index (χ4v) is 1.18. The summed E-state index contributed by atoms with van der Waals surface area (Å²) in [4.78, 5) is 18.0. The minimum absolute atomic E-state index is 0. The van der Waals surface area contributed by atoms with Crippen LogP contribution >= 0.6 is 0 Å². The van der Waals surface area contributed by atoms with Gasteiger partial charge in [0.05, 0.1) is 0 Å². The van der Waals surface area contributed by atoms with Crippen molar-refractivity contribution in [3.8, 4) is 0 Å². The summed E-state index contributed by atoms with van der Waals surface area (Å²) >= 11 is 0. The summed E-state index contributed by atoms with van der Waals surface area (Å²) in [6.45, 7) is 14.4. The third kappa shape index (κ3) is 223. The zero-order valence-corrected chi connectivity index (χ0v) is 23.8. The summed E-state index contributed by atoms with van der Waals surface area (Å²) in [6, 6.07) is 0. The summed E-state index contributed by atoms with van der Waals surface area (Å²) < 4.78 is 0. The second-order valence-electron chi connectivity index (χ2n) is 6.39. The van der Waals surface area contributed by atoms with Crippen LogP contribution in [0.2, 0.25) is 0 Å². The van der Waals surface area contributed by atoms with Gasteiger partial charge in [0.15, 0.2) is 0 Å². The Balaban J connectivity index is -0.0000000330. The van der Waals surface area contributed by atoms with E-state index in [1.165, 1.54) is 51.4 Å². The standard InChI is InChI=1S/C5H11NO2.4C4H11N.CH2O3.Co.2H2O/c1-2-3-4-6-5(7)8;4*1-2-3-4-5;2-1(3)4;;;/h6H,2-4H2,1H3,(H,7,8);4*2-5H2,1H3;(H2,2,3,4);;2*1H2/q;;;;;;+3;;/p-3. The summed E-state index contributed by atoms with van der Waals surface area (Å²) in [5.74, 6) is 0. The van der Waals surface area contributed by atoms with Gasteiger partial charge in [-0.3, -0.25) is 0 Å². The molecule has 0 atom stereocenters. The predicted octanol–water partition coefficient (Wildman–Crippen LogP) is -1.40. The number of amides is 1. The Morgan fingerprint density at radius 3 is 0.857 bits per heavy atom. The first-order valence-electron chi connectivity index (χ1n) is 11.8. The van der Waals surface area contributed by atoms with Crippen LogP contribution in [0.15, 0.2) is 0 Å². The van der Waals surface area contributed by atoms with Crippen LogP contribution in [-0.4, -0.2) is 55.9 Å². The van der Waals surface area contributed by atoms with E-state index in [4.69, 9.17) is 37.9 Å². The average Bonchev–Trinajstić information content (AvgIpc) is 2.72. The molecule has 12 nitrogen and oxygen atoms in total. The van der Waals surface area contributed by atoms with E-state index >= 15 is 0 Å². The van der Waals surface area contributed by atoms with Gasteiger partial charge in [-0.05, 0) is 64.4 Å².